The number of carbonyl (C=O) groups is 1. The Morgan fingerprint density at radius 3 is 2.64 bits per heavy atom. The van der Waals surface area contributed by atoms with Gasteiger partial charge in [-0.25, -0.2) is 0 Å². The molecule has 3 nitrogen and oxygen atoms in total. The topological polar surface area (TPSA) is 49.3 Å². The molecule has 0 aliphatic heterocycles. The van der Waals surface area contributed by atoms with Crippen LogP contribution in [0.15, 0.2) is 60.7 Å². The number of benzene rings is 3. The Hall–Kier alpha value is -2.65. The summed E-state index contributed by atoms with van der Waals surface area (Å²) in [5, 5.41) is 15.6. The molecule has 1 unspecified atom stereocenters. The summed E-state index contributed by atoms with van der Waals surface area (Å²) in [5.41, 5.74) is 3.61. The molecule has 0 spiro atoms. The monoisotopic (exact) mass is 333 g/mol. The van der Waals surface area contributed by atoms with Crippen molar-refractivity contribution in [3.8, 4) is 0 Å². The van der Waals surface area contributed by atoms with Crippen molar-refractivity contribution >= 4 is 16.7 Å². The van der Waals surface area contributed by atoms with Crippen LogP contribution in [-0.4, -0.2) is 17.6 Å². The number of aliphatic hydroxyl groups is 1. The van der Waals surface area contributed by atoms with Gasteiger partial charge in [-0.2, -0.15) is 0 Å². The van der Waals surface area contributed by atoms with Crippen LogP contribution in [0.4, 0.5) is 0 Å². The standard InChI is InChI=1S/C22H23NO2/c1-15-10-11-16(2)20(14-15)22(25)23-13-12-21(24)19-9-5-7-17-6-3-4-8-18(17)19/h3-11,14,21,24H,12-13H2,1-2H3,(H,23,25). The van der Waals surface area contributed by atoms with Gasteiger partial charge in [-0.3, -0.25) is 4.79 Å². The van der Waals surface area contributed by atoms with Crippen LogP contribution in [0.3, 0.4) is 0 Å². The third-order valence-corrected chi connectivity index (χ3v) is 4.52. The van der Waals surface area contributed by atoms with Crippen molar-refractivity contribution in [2.45, 2.75) is 26.4 Å². The predicted molar refractivity (Wildman–Crippen MR) is 102 cm³/mol. The highest BCUT2D eigenvalue weighted by Crippen LogP contribution is 2.25. The molecule has 25 heavy (non-hydrogen) atoms. The zero-order valence-electron chi connectivity index (χ0n) is 14.6. The number of amides is 1. The molecule has 0 aromatic heterocycles. The molecule has 0 radical (unpaired) electrons. The Morgan fingerprint density at radius 2 is 1.80 bits per heavy atom. The smallest absolute Gasteiger partial charge is 0.251 e. The maximum Gasteiger partial charge on any atom is 0.251 e. The zero-order valence-corrected chi connectivity index (χ0v) is 14.6. The molecular formula is C22H23NO2. The zero-order chi connectivity index (χ0) is 17.8. The summed E-state index contributed by atoms with van der Waals surface area (Å²) in [5.74, 6) is -0.0914. The van der Waals surface area contributed by atoms with Gasteiger partial charge in [0.2, 0.25) is 0 Å². The van der Waals surface area contributed by atoms with E-state index < -0.39 is 6.10 Å². The first-order chi connectivity index (χ1) is 12.1. The minimum absolute atomic E-state index is 0.0914. The molecule has 0 saturated carbocycles. The van der Waals surface area contributed by atoms with Crippen LogP contribution in [0.25, 0.3) is 10.8 Å². The maximum absolute atomic E-state index is 12.4. The van der Waals surface area contributed by atoms with E-state index in [1.54, 1.807) is 0 Å². The van der Waals surface area contributed by atoms with E-state index in [0.717, 1.165) is 27.5 Å². The van der Waals surface area contributed by atoms with E-state index in [2.05, 4.69) is 5.32 Å². The van der Waals surface area contributed by atoms with Crippen LogP contribution in [0.1, 0.15) is 39.6 Å². The maximum atomic E-state index is 12.4. The van der Waals surface area contributed by atoms with Gasteiger partial charge < -0.3 is 10.4 Å². The summed E-state index contributed by atoms with van der Waals surface area (Å²) in [6.45, 7) is 4.33. The normalized spacial score (nSPS) is 12.1. The molecule has 0 heterocycles. The number of carbonyl (C=O) groups excluding carboxylic acids is 1. The highest BCUT2D eigenvalue weighted by Gasteiger charge is 2.13. The number of aliphatic hydroxyl groups excluding tert-OH is 1. The van der Waals surface area contributed by atoms with Crippen LogP contribution in [0.2, 0.25) is 0 Å². The van der Waals surface area contributed by atoms with Gasteiger partial charge >= 0.3 is 0 Å². The third-order valence-electron chi connectivity index (χ3n) is 4.52. The number of rotatable bonds is 5. The number of hydrogen-bond donors (Lipinski definition) is 2. The average molecular weight is 333 g/mol. The fraction of sp³-hybridized carbons (Fsp3) is 0.227. The Kier molecular flexibility index (Phi) is 5.15. The third kappa shape index (κ3) is 3.89. The molecule has 3 rings (SSSR count). The fourth-order valence-electron chi connectivity index (χ4n) is 3.09. The first-order valence-corrected chi connectivity index (χ1v) is 8.57. The molecule has 0 aliphatic rings. The summed E-state index contributed by atoms with van der Waals surface area (Å²) < 4.78 is 0. The number of hydrogen-bond acceptors (Lipinski definition) is 2. The fourth-order valence-corrected chi connectivity index (χ4v) is 3.09. The second kappa shape index (κ2) is 7.49. The molecule has 1 atom stereocenters. The van der Waals surface area contributed by atoms with Crippen molar-refractivity contribution in [2.75, 3.05) is 6.54 Å². The van der Waals surface area contributed by atoms with Crippen molar-refractivity contribution in [1.29, 1.82) is 0 Å². The second-order valence-electron chi connectivity index (χ2n) is 6.45. The first kappa shape index (κ1) is 17.2. The summed E-state index contributed by atoms with van der Waals surface area (Å²) in [7, 11) is 0. The first-order valence-electron chi connectivity index (χ1n) is 8.57. The Labute approximate surface area is 148 Å². The Balaban J connectivity index is 1.65. The molecule has 2 N–H and O–H groups in total. The van der Waals surface area contributed by atoms with Crippen LogP contribution in [-0.2, 0) is 0 Å². The van der Waals surface area contributed by atoms with Gasteiger partial charge in [0.05, 0.1) is 6.10 Å². The molecule has 128 valence electrons. The van der Waals surface area contributed by atoms with E-state index in [4.69, 9.17) is 0 Å². The van der Waals surface area contributed by atoms with Gasteiger partial charge in [0.15, 0.2) is 0 Å². The van der Waals surface area contributed by atoms with Crippen molar-refractivity contribution in [1.82, 2.24) is 5.32 Å². The molecule has 3 aromatic rings. The van der Waals surface area contributed by atoms with Crippen LogP contribution < -0.4 is 5.32 Å². The summed E-state index contributed by atoms with van der Waals surface area (Å²) in [6.07, 6.45) is -0.130. The lowest BCUT2D eigenvalue weighted by Gasteiger charge is -2.15. The number of fused-ring (bicyclic) bond motifs is 1. The highest BCUT2D eigenvalue weighted by atomic mass is 16.3. The molecule has 0 bridgehead atoms. The van der Waals surface area contributed by atoms with E-state index in [-0.39, 0.29) is 5.91 Å². The van der Waals surface area contributed by atoms with Gasteiger partial charge in [0.25, 0.3) is 5.91 Å². The van der Waals surface area contributed by atoms with E-state index in [1.165, 1.54) is 0 Å². The Morgan fingerprint density at radius 1 is 1.04 bits per heavy atom. The minimum atomic E-state index is -0.606. The number of nitrogens with one attached hydrogen (secondary N) is 1. The predicted octanol–water partition coefficient (Wildman–Crippen LogP) is 4.31. The van der Waals surface area contributed by atoms with Crippen molar-refractivity contribution < 1.29 is 9.90 Å². The van der Waals surface area contributed by atoms with Crippen LogP contribution in [0.5, 0.6) is 0 Å². The van der Waals surface area contributed by atoms with Gasteiger partial charge in [-0.15, -0.1) is 0 Å². The average Bonchev–Trinajstić information content (AvgIpc) is 2.63. The van der Waals surface area contributed by atoms with Gasteiger partial charge in [-0.05, 0) is 48.2 Å². The van der Waals surface area contributed by atoms with Crippen LogP contribution >= 0.6 is 0 Å². The van der Waals surface area contributed by atoms with E-state index in [1.807, 2.05) is 74.5 Å². The summed E-state index contributed by atoms with van der Waals surface area (Å²) in [4.78, 5) is 12.4. The van der Waals surface area contributed by atoms with E-state index in [0.29, 0.717) is 18.5 Å². The summed E-state index contributed by atoms with van der Waals surface area (Å²) in [6, 6.07) is 19.8. The molecular weight excluding hydrogens is 310 g/mol. The van der Waals surface area contributed by atoms with Crippen molar-refractivity contribution in [3.05, 3.63) is 82.9 Å². The van der Waals surface area contributed by atoms with E-state index >= 15 is 0 Å². The van der Waals surface area contributed by atoms with Gasteiger partial charge in [-0.1, -0.05) is 60.2 Å². The van der Waals surface area contributed by atoms with Gasteiger partial charge in [0.1, 0.15) is 0 Å². The van der Waals surface area contributed by atoms with E-state index in [9.17, 15) is 9.90 Å². The highest BCUT2D eigenvalue weighted by molar-refractivity contribution is 5.95. The SMILES string of the molecule is Cc1ccc(C)c(C(=O)NCCC(O)c2cccc3ccccc23)c1. The largest absolute Gasteiger partial charge is 0.388 e. The lowest BCUT2D eigenvalue weighted by molar-refractivity contribution is 0.0942. The molecule has 0 fully saturated rings. The molecule has 1 amide bonds. The quantitative estimate of drug-likeness (QED) is 0.731. The lowest BCUT2D eigenvalue weighted by Crippen LogP contribution is -2.26. The number of aryl methyl sites for hydroxylation is 2. The second-order valence-corrected chi connectivity index (χ2v) is 6.45. The van der Waals surface area contributed by atoms with Crippen LogP contribution in [0, 0.1) is 13.8 Å². The summed E-state index contributed by atoms with van der Waals surface area (Å²) >= 11 is 0. The Bertz CT molecular complexity index is 896. The molecule has 0 saturated heterocycles. The lowest BCUT2D eigenvalue weighted by atomic mass is 9.98. The molecule has 3 heteroatoms. The van der Waals surface area contributed by atoms with Crippen molar-refractivity contribution in [2.24, 2.45) is 0 Å². The molecule has 0 aliphatic carbocycles. The van der Waals surface area contributed by atoms with Gasteiger partial charge in [0, 0.05) is 12.1 Å². The van der Waals surface area contributed by atoms with Crippen molar-refractivity contribution in [3.63, 3.8) is 0 Å². The minimum Gasteiger partial charge on any atom is -0.388 e. The molecule has 3 aromatic carbocycles.